The van der Waals surface area contributed by atoms with Crippen LogP contribution in [0.25, 0.3) is 0 Å². The highest BCUT2D eigenvalue weighted by molar-refractivity contribution is 5.98. The van der Waals surface area contributed by atoms with Crippen LogP contribution < -0.4 is 10.6 Å². The third-order valence-electron chi connectivity index (χ3n) is 4.21. The molecule has 2 aromatic rings. The second-order valence-corrected chi connectivity index (χ2v) is 6.11. The highest BCUT2D eigenvalue weighted by Crippen LogP contribution is 2.38. The number of carbonyl (C=O) groups is 2. The molecule has 6 nitrogen and oxygen atoms in total. The van der Waals surface area contributed by atoms with Crippen molar-refractivity contribution in [3.8, 4) is 0 Å². The van der Waals surface area contributed by atoms with Crippen LogP contribution in [0.2, 0.25) is 0 Å². The second-order valence-electron chi connectivity index (χ2n) is 6.11. The number of rotatable bonds is 6. The summed E-state index contributed by atoms with van der Waals surface area (Å²) in [6, 6.07) is 9.50. The van der Waals surface area contributed by atoms with Crippen LogP contribution in [-0.2, 0) is 4.79 Å². The van der Waals surface area contributed by atoms with Gasteiger partial charge in [-0.3, -0.25) is 9.59 Å². The maximum Gasteiger partial charge on any atom is 0.252 e. The van der Waals surface area contributed by atoms with Crippen LogP contribution in [0.5, 0.6) is 0 Å². The van der Waals surface area contributed by atoms with E-state index in [1.807, 2.05) is 6.92 Å². The summed E-state index contributed by atoms with van der Waals surface area (Å²) in [6.07, 6.45) is 2.40. The summed E-state index contributed by atoms with van der Waals surface area (Å²) in [7, 11) is 0. The van der Waals surface area contributed by atoms with E-state index in [1.165, 1.54) is 6.26 Å². The van der Waals surface area contributed by atoms with E-state index in [-0.39, 0.29) is 24.3 Å². The lowest BCUT2D eigenvalue weighted by molar-refractivity contribution is -0.117. The fourth-order valence-electron chi connectivity index (χ4n) is 2.60. The second kappa shape index (κ2) is 6.88. The van der Waals surface area contributed by atoms with E-state index >= 15 is 0 Å². The van der Waals surface area contributed by atoms with Crippen LogP contribution in [0.4, 0.5) is 5.69 Å². The Bertz CT molecular complexity index is 726. The Kier molecular flexibility index (Phi) is 4.66. The Morgan fingerprint density at radius 3 is 2.75 bits per heavy atom. The van der Waals surface area contributed by atoms with Gasteiger partial charge in [-0.2, -0.15) is 0 Å². The van der Waals surface area contributed by atoms with Crippen molar-refractivity contribution in [1.29, 1.82) is 0 Å². The first kappa shape index (κ1) is 16.3. The molecule has 1 heterocycles. The zero-order chi connectivity index (χ0) is 17.1. The number of aliphatic hydroxyl groups excluding tert-OH is 1. The van der Waals surface area contributed by atoms with Crippen LogP contribution in [-0.4, -0.2) is 23.5 Å². The molecule has 2 amide bonds. The monoisotopic (exact) mass is 328 g/mol. The molecular weight excluding hydrogens is 308 g/mol. The number of anilines is 1. The first-order valence-electron chi connectivity index (χ1n) is 7.94. The van der Waals surface area contributed by atoms with E-state index in [0.29, 0.717) is 22.9 Å². The summed E-state index contributed by atoms with van der Waals surface area (Å²) in [5.41, 5.74) is 0.993. The lowest BCUT2D eigenvalue weighted by Gasteiger charge is -2.14. The van der Waals surface area contributed by atoms with Crippen molar-refractivity contribution in [1.82, 2.24) is 5.32 Å². The van der Waals surface area contributed by atoms with Crippen molar-refractivity contribution in [3.63, 3.8) is 0 Å². The van der Waals surface area contributed by atoms with Gasteiger partial charge in [0.05, 0.1) is 12.9 Å². The molecule has 0 bridgehead atoms. The van der Waals surface area contributed by atoms with E-state index in [1.54, 1.807) is 36.4 Å². The first-order chi connectivity index (χ1) is 11.6. The summed E-state index contributed by atoms with van der Waals surface area (Å²) in [5.74, 6) is 0.624. The molecule has 1 aromatic heterocycles. The highest BCUT2D eigenvalue weighted by atomic mass is 16.3. The zero-order valence-corrected chi connectivity index (χ0v) is 13.4. The van der Waals surface area contributed by atoms with Crippen LogP contribution in [0.3, 0.4) is 0 Å². The minimum atomic E-state index is -0.613. The Hall–Kier alpha value is -2.60. The van der Waals surface area contributed by atoms with E-state index < -0.39 is 6.04 Å². The third-order valence-corrected chi connectivity index (χ3v) is 4.21. The largest absolute Gasteiger partial charge is 0.467 e. The molecule has 24 heavy (non-hydrogen) atoms. The average Bonchev–Trinajstić information content (AvgIpc) is 3.09. The zero-order valence-electron chi connectivity index (χ0n) is 13.4. The Balaban J connectivity index is 1.66. The lowest BCUT2D eigenvalue weighted by atomic mass is 10.1. The summed E-state index contributed by atoms with van der Waals surface area (Å²) in [4.78, 5) is 24.4. The SMILES string of the molecule is CC1CC1C(=O)Nc1cccc(C(=O)NC(CO)c2ccco2)c1. The molecule has 0 saturated heterocycles. The minimum Gasteiger partial charge on any atom is -0.467 e. The number of nitrogens with one attached hydrogen (secondary N) is 2. The molecule has 3 N–H and O–H groups in total. The van der Waals surface area contributed by atoms with Crippen LogP contribution in [0, 0.1) is 11.8 Å². The lowest BCUT2D eigenvalue weighted by Crippen LogP contribution is -2.30. The molecule has 6 heteroatoms. The van der Waals surface area contributed by atoms with Crippen LogP contribution >= 0.6 is 0 Å². The van der Waals surface area contributed by atoms with Crippen molar-refractivity contribution in [3.05, 3.63) is 54.0 Å². The molecule has 3 atom stereocenters. The number of amides is 2. The van der Waals surface area contributed by atoms with Gasteiger partial charge in [0.1, 0.15) is 11.8 Å². The normalized spacial score (nSPS) is 20.2. The van der Waals surface area contributed by atoms with Gasteiger partial charge in [0.2, 0.25) is 5.91 Å². The Morgan fingerprint density at radius 2 is 2.12 bits per heavy atom. The summed E-state index contributed by atoms with van der Waals surface area (Å²) >= 11 is 0. The summed E-state index contributed by atoms with van der Waals surface area (Å²) in [5, 5.41) is 15.0. The molecule has 0 spiro atoms. The maximum atomic E-state index is 12.4. The molecule has 1 aliphatic rings. The highest BCUT2D eigenvalue weighted by Gasteiger charge is 2.39. The van der Waals surface area contributed by atoms with Crippen LogP contribution in [0.15, 0.2) is 47.1 Å². The number of carbonyl (C=O) groups excluding carboxylic acids is 2. The third kappa shape index (κ3) is 3.65. The van der Waals surface area contributed by atoms with Gasteiger partial charge in [0, 0.05) is 17.2 Å². The number of hydrogen-bond acceptors (Lipinski definition) is 4. The van der Waals surface area contributed by atoms with Crippen molar-refractivity contribution >= 4 is 17.5 Å². The van der Waals surface area contributed by atoms with Gasteiger partial charge >= 0.3 is 0 Å². The topological polar surface area (TPSA) is 91.6 Å². The maximum absolute atomic E-state index is 12.4. The van der Waals surface area contributed by atoms with Crippen molar-refractivity contribution < 1.29 is 19.1 Å². The molecule has 126 valence electrons. The molecule has 3 rings (SSSR count). The van der Waals surface area contributed by atoms with Gasteiger partial charge in [0.25, 0.3) is 5.91 Å². The Morgan fingerprint density at radius 1 is 1.33 bits per heavy atom. The number of benzene rings is 1. The number of aliphatic hydroxyl groups is 1. The fourth-order valence-corrected chi connectivity index (χ4v) is 2.60. The molecular formula is C18H20N2O4. The molecule has 1 saturated carbocycles. The van der Waals surface area contributed by atoms with Gasteiger partial charge in [-0.05, 0) is 42.7 Å². The van der Waals surface area contributed by atoms with Crippen molar-refractivity contribution in [2.45, 2.75) is 19.4 Å². The predicted octanol–water partition coefficient (Wildman–Crippen LogP) is 2.34. The quantitative estimate of drug-likeness (QED) is 0.759. The number of hydrogen-bond donors (Lipinski definition) is 3. The van der Waals surface area contributed by atoms with E-state index in [2.05, 4.69) is 10.6 Å². The molecule has 1 aliphatic carbocycles. The fraction of sp³-hybridized carbons (Fsp3) is 0.333. The van der Waals surface area contributed by atoms with Gasteiger partial charge in [-0.15, -0.1) is 0 Å². The van der Waals surface area contributed by atoms with Gasteiger partial charge in [-0.1, -0.05) is 13.0 Å². The van der Waals surface area contributed by atoms with E-state index in [0.717, 1.165) is 6.42 Å². The first-order valence-corrected chi connectivity index (χ1v) is 7.94. The predicted molar refractivity (Wildman–Crippen MR) is 88.3 cm³/mol. The standard InChI is InChI=1S/C18H20N2O4/c1-11-8-14(11)18(23)19-13-5-2-4-12(9-13)17(22)20-15(10-21)16-6-3-7-24-16/h2-7,9,11,14-15,21H,8,10H2,1H3,(H,19,23)(H,20,22). The smallest absolute Gasteiger partial charge is 0.252 e. The van der Waals surface area contributed by atoms with Crippen LogP contribution in [0.1, 0.15) is 35.5 Å². The average molecular weight is 328 g/mol. The van der Waals surface area contributed by atoms with Gasteiger partial charge in [0.15, 0.2) is 0 Å². The van der Waals surface area contributed by atoms with Crippen molar-refractivity contribution in [2.24, 2.45) is 11.8 Å². The Labute approximate surface area is 139 Å². The van der Waals surface area contributed by atoms with Gasteiger partial charge in [-0.25, -0.2) is 0 Å². The van der Waals surface area contributed by atoms with Gasteiger partial charge < -0.3 is 20.2 Å². The molecule has 1 aromatic carbocycles. The molecule has 0 radical (unpaired) electrons. The summed E-state index contributed by atoms with van der Waals surface area (Å²) in [6.45, 7) is 1.77. The van der Waals surface area contributed by atoms with E-state index in [9.17, 15) is 14.7 Å². The number of furan rings is 1. The minimum absolute atomic E-state index is 0.0103. The van der Waals surface area contributed by atoms with E-state index in [4.69, 9.17) is 4.42 Å². The summed E-state index contributed by atoms with van der Waals surface area (Å²) < 4.78 is 5.21. The molecule has 0 aliphatic heterocycles. The van der Waals surface area contributed by atoms with Crippen molar-refractivity contribution in [2.75, 3.05) is 11.9 Å². The molecule has 3 unspecified atom stereocenters. The molecule has 1 fully saturated rings.